The number of nitrogens with one attached hydrogen (secondary N) is 3. The maximum Gasteiger partial charge on any atom is 0.326 e. The van der Waals surface area contributed by atoms with Crippen LogP contribution in [0.2, 0.25) is 0 Å². The van der Waals surface area contributed by atoms with Crippen LogP contribution in [0.4, 0.5) is 0 Å². The molecule has 0 aliphatic rings. The molecule has 17 heteroatoms. The first kappa shape index (κ1) is 28.7. The monoisotopic (exact) mass is 475 g/mol. The molecule has 4 atom stereocenters. The second-order valence-electron chi connectivity index (χ2n) is 6.74. The minimum atomic E-state index is -1.91. The van der Waals surface area contributed by atoms with Crippen LogP contribution in [-0.2, 0) is 38.4 Å². The number of carboxylic acids is 2. The predicted octanol–water partition coefficient (Wildman–Crippen LogP) is -6.05. The highest BCUT2D eigenvalue weighted by atomic mass is 16.4. The Kier molecular flexibility index (Phi) is 11.5. The van der Waals surface area contributed by atoms with Crippen molar-refractivity contribution >= 4 is 47.4 Å². The Balaban J connectivity index is 5.58. The lowest BCUT2D eigenvalue weighted by Gasteiger charge is -2.24. The Morgan fingerprint density at radius 3 is 1.27 bits per heavy atom. The molecule has 13 N–H and O–H groups in total. The van der Waals surface area contributed by atoms with Gasteiger partial charge in [0.2, 0.25) is 35.4 Å². The van der Waals surface area contributed by atoms with Crippen molar-refractivity contribution in [3.05, 3.63) is 0 Å². The third-order valence-electron chi connectivity index (χ3n) is 3.83. The summed E-state index contributed by atoms with van der Waals surface area (Å²) in [7, 11) is 0. The fraction of sp³-hybridized carbons (Fsp3) is 0.500. The molecule has 0 saturated carbocycles. The molecule has 0 rings (SSSR count). The van der Waals surface area contributed by atoms with Crippen molar-refractivity contribution < 1.29 is 48.6 Å². The Hall–Kier alpha value is -4.28. The summed E-state index contributed by atoms with van der Waals surface area (Å²) >= 11 is 0. The van der Waals surface area contributed by atoms with E-state index in [1.807, 2.05) is 16.0 Å². The number of carbonyl (C=O) groups excluding carboxylic acids is 6. The van der Waals surface area contributed by atoms with Gasteiger partial charge in [0.05, 0.1) is 31.7 Å². The number of carboxylic acid groups (broad SMARTS) is 2. The van der Waals surface area contributed by atoms with Gasteiger partial charge in [-0.2, -0.15) is 0 Å². The molecule has 184 valence electrons. The molecule has 0 bridgehead atoms. The van der Waals surface area contributed by atoms with E-state index in [-0.39, 0.29) is 0 Å². The van der Waals surface area contributed by atoms with E-state index in [2.05, 4.69) is 0 Å². The molecular formula is C16H25N7O10. The first-order valence-corrected chi connectivity index (χ1v) is 9.10. The SMILES string of the molecule is NC(=O)CC(N)C(=O)NC(CC(N)=O)C(=O)NC(CC(N)=O)C(=O)NC(CC(=O)O)C(=O)O. The first-order chi connectivity index (χ1) is 15.1. The summed E-state index contributed by atoms with van der Waals surface area (Å²) in [6, 6.07) is -6.92. The van der Waals surface area contributed by atoms with Crippen LogP contribution in [0.5, 0.6) is 0 Å². The summed E-state index contributed by atoms with van der Waals surface area (Å²) in [5, 5.41) is 23.6. The largest absolute Gasteiger partial charge is 0.481 e. The van der Waals surface area contributed by atoms with Crippen LogP contribution in [0, 0.1) is 0 Å². The number of rotatable bonds is 15. The minimum absolute atomic E-state index is 0.594. The number of hydrogen-bond acceptors (Lipinski definition) is 9. The summed E-state index contributed by atoms with van der Waals surface area (Å²) < 4.78 is 0. The minimum Gasteiger partial charge on any atom is -0.481 e. The molecule has 0 saturated heterocycles. The highest BCUT2D eigenvalue weighted by molar-refractivity contribution is 5.98. The molecule has 0 aromatic rings. The zero-order valence-electron chi connectivity index (χ0n) is 17.1. The third-order valence-corrected chi connectivity index (χ3v) is 3.83. The number of primary amides is 3. The normalized spacial score (nSPS) is 14.0. The summed E-state index contributed by atoms with van der Waals surface area (Å²) in [6.07, 6.45) is -3.25. The second-order valence-corrected chi connectivity index (χ2v) is 6.74. The number of amides is 6. The van der Waals surface area contributed by atoms with Gasteiger partial charge >= 0.3 is 11.9 Å². The van der Waals surface area contributed by atoms with Gasteiger partial charge in [0.1, 0.15) is 18.1 Å². The molecule has 0 aromatic heterocycles. The Morgan fingerprint density at radius 2 is 0.939 bits per heavy atom. The van der Waals surface area contributed by atoms with Crippen LogP contribution in [0.15, 0.2) is 0 Å². The van der Waals surface area contributed by atoms with Gasteiger partial charge in [-0.1, -0.05) is 0 Å². The lowest BCUT2D eigenvalue weighted by atomic mass is 10.1. The average Bonchev–Trinajstić information content (AvgIpc) is 2.64. The van der Waals surface area contributed by atoms with Gasteiger partial charge in [0, 0.05) is 0 Å². The number of carbonyl (C=O) groups is 8. The van der Waals surface area contributed by atoms with Gasteiger partial charge in [0.15, 0.2) is 0 Å². The van der Waals surface area contributed by atoms with Crippen LogP contribution in [0.25, 0.3) is 0 Å². The Morgan fingerprint density at radius 1 is 0.576 bits per heavy atom. The van der Waals surface area contributed by atoms with Crippen LogP contribution < -0.4 is 38.9 Å². The van der Waals surface area contributed by atoms with Crippen molar-refractivity contribution in [2.75, 3.05) is 0 Å². The van der Waals surface area contributed by atoms with Gasteiger partial charge in [0.25, 0.3) is 0 Å². The molecule has 0 aromatic carbocycles. The van der Waals surface area contributed by atoms with Crippen molar-refractivity contribution in [2.24, 2.45) is 22.9 Å². The first-order valence-electron chi connectivity index (χ1n) is 9.10. The van der Waals surface area contributed by atoms with Crippen LogP contribution in [0.3, 0.4) is 0 Å². The van der Waals surface area contributed by atoms with E-state index in [0.29, 0.717) is 0 Å². The van der Waals surface area contributed by atoms with E-state index in [1.54, 1.807) is 0 Å². The quantitative estimate of drug-likeness (QED) is 0.107. The van der Waals surface area contributed by atoms with Gasteiger partial charge < -0.3 is 49.1 Å². The van der Waals surface area contributed by atoms with Crippen LogP contribution in [0.1, 0.15) is 25.7 Å². The van der Waals surface area contributed by atoms with E-state index < -0.39 is 97.2 Å². The smallest absolute Gasteiger partial charge is 0.326 e. The van der Waals surface area contributed by atoms with E-state index in [4.69, 9.17) is 33.1 Å². The molecule has 6 amide bonds. The summed E-state index contributed by atoms with van der Waals surface area (Å²) in [5.41, 5.74) is 20.4. The Labute approximate surface area is 185 Å². The Bertz CT molecular complexity index is 830. The van der Waals surface area contributed by atoms with Gasteiger partial charge in [-0.3, -0.25) is 33.6 Å². The molecule has 0 spiro atoms. The zero-order valence-corrected chi connectivity index (χ0v) is 17.1. The van der Waals surface area contributed by atoms with Crippen molar-refractivity contribution in [3.8, 4) is 0 Å². The summed E-state index contributed by atoms with van der Waals surface area (Å²) in [5.74, 6) is -9.96. The number of hydrogen-bond donors (Lipinski definition) is 9. The zero-order chi connectivity index (χ0) is 25.9. The van der Waals surface area contributed by atoms with E-state index in [9.17, 15) is 38.4 Å². The van der Waals surface area contributed by atoms with E-state index in [0.717, 1.165) is 0 Å². The molecule has 0 aliphatic carbocycles. The van der Waals surface area contributed by atoms with E-state index >= 15 is 0 Å². The van der Waals surface area contributed by atoms with E-state index in [1.165, 1.54) is 0 Å². The predicted molar refractivity (Wildman–Crippen MR) is 105 cm³/mol. The molecule has 0 aliphatic heterocycles. The molecule has 0 heterocycles. The van der Waals surface area contributed by atoms with Crippen molar-refractivity contribution in [1.29, 1.82) is 0 Å². The highest BCUT2D eigenvalue weighted by Crippen LogP contribution is 2.01. The van der Waals surface area contributed by atoms with Crippen molar-refractivity contribution in [2.45, 2.75) is 49.9 Å². The maximum absolute atomic E-state index is 12.5. The van der Waals surface area contributed by atoms with Crippen LogP contribution >= 0.6 is 0 Å². The maximum atomic E-state index is 12.5. The molecule has 4 unspecified atom stereocenters. The second kappa shape index (κ2) is 13.2. The number of nitrogens with two attached hydrogens (primary N) is 4. The van der Waals surface area contributed by atoms with Crippen LogP contribution in [-0.4, -0.2) is 81.8 Å². The van der Waals surface area contributed by atoms with Crippen molar-refractivity contribution in [1.82, 2.24) is 16.0 Å². The average molecular weight is 475 g/mol. The molecule has 17 nitrogen and oxygen atoms in total. The van der Waals surface area contributed by atoms with Gasteiger partial charge in [-0.25, -0.2) is 4.79 Å². The molecular weight excluding hydrogens is 450 g/mol. The standard InChI is InChI=1S/C16H25N7O10/c17-5(1-9(18)24)13(29)21-6(2-10(19)25)14(30)22-7(3-11(20)26)15(31)23-8(16(32)33)4-12(27)28/h5-8H,1-4,17H2,(H2,18,24)(H2,19,25)(H2,20,26)(H,21,29)(H,22,30)(H,23,31)(H,27,28)(H,32,33). The van der Waals surface area contributed by atoms with Gasteiger partial charge in [-0.05, 0) is 0 Å². The highest BCUT2D eigenvalue weighted by Gasteiger charge is 2.32. The molecule has 0 radical (unpaired) electrons. The topological polar surface area (TPSA) is 317 Å². The summed E-state index contributed by atoms with van der Waals surface area (Å²) in [6.45, 7) is 0. The fourth-order valence-corrected chi connectivity index (χ4v) is 2.33. The van der Waals surface area contributed by atoms with Gasteiger partial charge in [-0.15, -0.1) is 0 Å². The molecule has 0 fully saturated rings. The lowest BCUT2D eigenvalue weighted by molar-refractivity contribution is -0.147. The summed E-state index contributed by atoms with van der Waals surface area (Å²) in [4.78, 5) is 92.3. The lowest BCUT2D eigenvalue weighted by Crippen LogP contribution is -2.58. The number of aliphatic carboxylic acids is 2. The molecule has 33 heavy (non-hydrogen) atoms. The van der Waals surface area contributed by atoms with Crippen molar-refractivity contribution in [3.63, 3.8) is 0 Å². The fourth-order valence-electron chi connectivity index (χ4n) is 2.33. The third kappa shape index (κ3) is 11.6.